The highest BCUT2D eigenvalue weighted by Crippen LogP contribution is 2.41. The van der Waals surface area contributed by atoms with E-state index < -0.39 is 29.6 Å². The molecular formula is C20H22F3NO4. The van der Waals surface area contributed by atoms with Gasteiger partial charge in [0.25, 0.3) is 0 Å². The number of benzene rings is 1. The number of carbonyl (C=O) groups excluding carboxylic acids is 2. The van der Waals surface area contributed by atoms with Crippen molar-refractivity contribution < 1.29 is 32.2 Å². The van der Waals surface area contributed by atoms with E-state index in [-0.39, 0.29) is 29.9 Å². The molecule has 1 N–H and O–H groups in total. The molecule has 28 heavy (non-hydrogen) atoms. The maximum atomic E-state index is 13.2. The lowest BCUT2D eigenvalue weighted by molar-refractivity contribution is -0.139. The van der Waals surface area contributed by atoms with Crippen LogP contribution < -0.4 is 5.32 Å². The molecule has 0 fully saturated rings. The Balaban J connectivity index is 2.70. The van der Waals surface area contributed by atoms with Crippen molar-refractivity contribution in [2.24, 2.45) is 0 Å². The van der Waals surface area contributed by atoms with Crippen molar-refractivity contribution in [3.05, 3.63) is 57.9 Å². The first-order valence-electron chi connectivity index (χ1n) is 8.81. The van der Waals surface area contributed by atoms with Crippen molar-refractivity contribution >= 4 is 11.9 Å². The minimum atomic E-state index is -4.56. The molecule has 2 rings (SSSR count). The standard InChI is InChI=1S/C20H22F3NO4/c1-5-27-18(25)15-11(3)24-12(4)16(19(26)28-6-2)17(15)13-8-7-9-14(10-13)20(21,22)23/h7-10,17,24H,5-6H2,1-4H3. The van der Waals surface area contributed by atoms with Gasteiger partial charge in [-0.05, 0) is 39.3 Å². The summed E-state index contributed by atoms with van der Waals surface area (Å²) in [5.74, 6) is -2.45. The van der Waals surface area contributed by atoms with Gasteiger partial charge < -0.3 is 14.8 Å². The molecule has 1 aliphatic rings. The normalized spacial score (nSPS) is 15.4. The summed E-state index contributed by atoms with van der Waals surface area (Å²) in [6.07, 6.45) is -4.56. The molecule has 0 saturated carbocycles. The van der Waals surface area contributed by atoms with E-state index in [0.717, 1.165) is 12.1 Å². The minimum Gasteiger partial charge on any atom is -0.463 e. The molecule has 1 heterocycles. The molecule has 1 aliphatic heterocycles. The van der Waals surface area contributed by atoms with Crippen LogP contribution in [0.1, 0.15) is 44.7 Å². The fraction of sp³-hybridized carbons (Fsp3) is 0.400. The van der Waals surface area contributed by atoms with Crippen LogP contribution in [0.4, 0.5) is 13.2 Å². The number of hydrogen-bond donors (Lipinski definition) is 1. The van der Waals surface area contributed by atoms with Crippen LogP contribution in [0, 0.1) is 0 Å². The fourth-order valence-electron chi connectivity index (χ4n) is 3.18. The van der Waals surface area contributed by atoms with Gasteiger partial charge >= 0.3 is 18.1 Å². The van der Waals surface area contributed by atoms with Gasteiger partial charge in [-0.25, -0.2) is 9.59 Å². The molecule has 1 aromatic rings. The number of rotatable bonds is 5. The molecule has 0 atom stereocenters. The molecule has 5 nitrogen and oxygen atoms in total. The summed E-state index contributed by atoms with van der Waals surface area (Å²) in [5, 5.41) is 2.94. The predicted octanol–water partition coefficient (Wildman–Crippen LogP) is 4.07. The van der Waals surface area contributed by atoms with E-state index in [1.54, 1.807) is 27.7 Å². The summed E-state index contributed by atoms with van der Waals surface area (Å²) in [5.41, 5.74) is 0.258. The lowest BCUT2D eigenvalue weighted by Gasteiger charge is -2.30. The van der Waals surface area contributed by atoms with Crippen LogP contribution in [0.5, 0.6) is 0 Å². The number of halogens is 3. The van der Waals surface area contributed by atoms with E-state index in [1.807, 2.05) is 0 Å². The van der Waals surface area contributed by atoms with E-state index in [4.69, 9.17) is 9.47 Å². The Morgan fingerprint density at radius 1 is 1.00 bits per heavy atom. The van der Waals surface area contributed by atoms with Gasteiger partial charge in [0, 0.05) is 11.4 Å². The number of esters is 2. The maximum absolute atomic E-state index is 13.2. The first kappa shape index (κ1) is 21.5. The van der Waals surface area contributed by atoms with E-state index >= 15 is 0 Å². The highest BCUT2D eigenvalue weighted by molar-refractivity contribution is 5.99. The van der Waals surface area contributed by atoms with Gasteiger partial charge in [-0.1, -0.05) is 18.2 Å². The molecule has 0 saturated heterocycles. The molecule has 8 heteroatoms. The van der Waals surface area contributed by atoms with Crippen molar-refractivity contribution in [2.75, 3.05) is 13.2 Å². The lowest BCUT2D eigenvalue weighted by atomic mass is 9.80. The van der Waals surface area contributed by atoms with Gasteiger partial charge in [0.05, 0.1) is 35.8 Å². The first-order valence-corrected chi connectivity index (χ1v) is 8.81. The average molecular weight is 397 g/mol. The van der Waals surface area contributed by atoms with Gasteiger partial charge in [-0.3, -0.25) is 0 Å². The van der Waals surface area contributed by atoms with Crippen LogP contribution in [-0.4, -0.2) is 25.2 Å². The molecule has 0 radical (unpaired) electrons. The second kappa shape index (κ2) is 8.50. The second-order valence-electron chi connectivity index (χ2n) is 6.20. The molecule has 0 bridgehead atoms. The highest BCUT2D eigenvalue weighted by atomic mass is 19.4. The molecule has 0 aliphatic carbocycles. The van der Waals surface area contributed by atoms with Crippen molar-refractivity contribution in [3.8, 4) is 0 Å². The van der Waals surface area contributed by atoms with Gasteiger partial charge in [0.2, 0.25) is 0 Å². The van der Waals surface area contributed by atoms with E-state index in [9.17, 15) is 22.8 Å². The van der Waals surface area contributed by atoms with Crippen LogP contribution in [-0.2, 0) is 25.2 Å². The van der Waals surface area contributed by atoms with Crippen LogP contribution in [0.3, 0.4) is 0 Å². The zero-order valence-corrected chi connectivity index (χ0v) is 16.1. The molecule has 152 valence electrons. The minimum absolute atomic E-state index is 0.0785. The summed E-state index contributed by atoms with van der Waals surface area (Å²) in [6.45, 7) is 6.63. The zero-order valence-electron chi connectivity index (χ0n) is 16.1. The molecule has 0 amide bonds. The maximum Gasteiger partial charge on any atom is 0.416 e. The molecule has 0 spiro atoms. The van der Waals surface area contributed by atoms with Crippen molar-refractivity contribution in [2.45, 2.75) is 39.8 Å². The topological polar surface area (TPSA) is 64.6 Å². The van der Waals surface area contributed by atoms with E-state index in [1.165, 1.54) is 12.1 Å². The van der Waals surface area contributed by atoms with Gasteiger partial charge in [0.1, 0.15) is 0 Å². The summed E-state index contributed by atoms with van der Waals surface area (Å²) in [4.78, 5) is 25.2. The Bertz CT molecular complexity index is 800. The summed E-state index contributed by atoms with van der Waals surface area (Å²) < 4.78 is 49.8. The number of carbonyl (C=O) groups is 2. The van der Waals surface area contributed by atoms with Gasteiger partial charge in [-0.2, -0.15) is 13.2 Å². The Hall–Kier alpha value is -2.77. The van der Waals surface area contributed by atoms with Crippen molar-refractivity contribution in [3.63, 3.8) is 0 Å². The highest BCUT2D eigenvalue weighted by Gasteiger charge is 2.39. The number of allylic oxidation sites excluding steroid dienone is 2. The van der Waals surface area contributed by atoms with Crippen LogP contribution >= 0.6 is 0 Å². The molecule has 0 aromatic heterocycles. The number of dihydropyridines is 1. The smallest absolute Gasteiger partial charge is 0.416 e. The Morgan fingerprint density at radius 3 is 1.93 bits per heavy atom. The SMILES string of the molecule is CCOC(=O)C1=C(C)NC(C)=C(C(=O)OCC)C1c1cccc(C(F)(F)F)c1. The molecular weight excluding hydrogens is 375 g/mol. The van der Waals surface area contributed by atoms with Crippen LogP contribution in [0.15, 0.2) is 46.8 Å². The van der Waals surface area contributed by atoms with E-state index in [0.29, 0.717) is 11.4 Å². The predicted molar refractivity (Wildman–Crippen MR) is 96.0 cm³/mol. The Morgan fingerprint density at radius 2 is 1.50 bits per heavy atom. The lowest BCUT2D eigenvalue weighted by Crippen LogP contribution is -2.32. The van der Waals surface area contributed by atoms with E-state index in [2.05, 4.69) is 5.32 Å². The summed E-state index contributed by atoms with van der Waals surface area (Å²) in [6, 6.07) is 4.57. The fourth-order valence-corrected chi connectivity index (χ4v) is 3.18. The quantitative estimate of drug-likeness (QED) is 0.759. The Kier molecular flexibility index (Phi) is 6.53. The molecule has 1 aromatic carbocycles. The third-order valence-corrected chi connectivity index (χ3v) is 4.30. The summed E-state index contributed by atoms with van der Waals surface area (Å²) >= 11 is 0. The third kappa shape index (κ3) is 4.37. The number of ether oxygens (including phenoxy) is 2. The van der Waals surface area contributed by atoms with Crippen LogP contribution in [0.2, 0.25) is 0 Å². The van der Waals surface area contributed by atoms with Crippen LogP contribution in [0.25, 0.3) is 0 Å². The number of nitrogens with one attached hydrogen (secondary N) is 1. The van der Waals surface area contributed by atoms with Crippen molar-refractivity contribution in [1.82, 2.24) is 5.32 Å². The Labute approximate surface area is 161 Å². The summed E-state index contributed by atoms with van der Waals surface area (Å²) in [7, 11) is 0. The van der Waals surface area contributed by atoms with Gasteiger partial charge in [0.15, 0.2) is 0 Å². The van der Waals surface area contributed by atoms with Crippen molar-refractivity contribution in [1.29, 1.82) is 0 Å². The first-order chi connectivity index (χ1) is 13.1. The largest absolute Gasteiger partial charge is 0.463 e. The molecule has 0 unspecified atom stereocenters. The van der Waals surface area contributed by atoms with Gasteiger partial charge in [-0.15, -0.1) is 0 Å². The number of hydrogen-bond acceptors (Lipinski definition) is 5. The third-order valence-electron chi connectivity index (χ3n) is 4.30. The average Bonchev–Trinajstić information content (AvgIpc) is 2.60. The second-order valence-corrected chi connectivity index (χ2v) is 6.20. The monoisotopic (exact) mass is 397 g/mol. The zero-order chi connectivity index (χ0) is 21.1. The number of alkyl halides is 3.